The summed E-state index contributed by atoms with van der Waals surface area (Å²) in [4.78, 5) is 5.90. The Bertz CT molecular complexity index is 749. The van der Waals surface area contributed by atoms with Crippen LogP contribution in [0, 0.1) is 11.8 Å². The minimum absolute atomic E-state index is 0.191. The lowest BCUT2D eigenvalue weighted by atomic mass is 10.0. The summed E-state index contributed by atoms with van der Waals surface area (Å²) in [6.07, 6.45) is -1.72. The molecule has 2 atom stereocenters. The third-order valence-corrected chi connectivity index (χ3v) is 7.54. The first-order valence-corrected chi connectivity index (χ1v) is 10.2. The second-order valence-corrected chi connectivity index (χ2v) is 9.19. The number of aromatic nitrogens is 1. The number of hydrogen-bond donors (Lipinski definition) is 0. The second kappa shape index (κ2) is 6.35. The van der Waals surface area contributed by atoms with E-state index in [4.69, 9.17) is 0 Å². The SMILES string of the molecule is O=S(=O)(N1CCCC1)N1CC2CN(c3ccc(C(F)(F)F)cn3)CC2C1. The summed E-state index contributed by atoms with van der Waals surface area (Å²) in [7, 11) is -3.38. The predicted molar refractivity (Wildman–Crippen MR) is 89.7 cm³/mol. The number of pyridine rings is 1. The molecule has 0 spiro atoms. The van der Waals surface area contributed by atoms with Crippen LogP contribution >= 0.6 is 0 Å². The van der Waals surface area contributed by atoms with Crippen LogP contribution in [0.2, 0.25) is 0 Å². The summed E-state index contributed by atoms with van der Waals surface area (Å²) in [5, 5.41) is 0. The van der Waals surface area contributed by atoms with E-state index in [1.54, 1.807) is 8.61 Å². The van der Waals surface area contributed by atoms with E-state index in [0.29, 0.717) is 45.1 Å². The molecule has 4 rings (SSSR count). The normalized spacial score (nSPS) is 28.0. The summed E-state index contributed by atoms with van der Waals surface area (Å²) >= 11 is 0. The van der Waals surface area contributed by atoms with Gasteiger partial charge in [-0.2, -0.15) is 30.2 Å². The third kappa shape index (κ3) is 3.18. The zero-order valence-corrected chi connectivity index (χ0v) is 15.0. The molecular formula is C16H21F3N4O2S. The Morgan fingerprint density at radius 1 is 0.962 bits per heavy atom. The molecule has 1 aromatic rings. The highest BCUT2D eigenvalue weighted by Gasteiger charge is 2.46. The van der Waals surface area contributed by atoms with Crippen molar-refractivity contribution in [3.63, 3.8) is 0 Å². The average Bonchev–Trinajstić information content (AvgIpc) is 3.30. The van der Waals surface area contributed by atoms with Gasteiger partial charge in [-0.1, -0.05) is 0 Å². The van der Waals surface area contributed by atoms with Crippen molar-refractivity contribution in [1.82, 2.24) is 13.6 Å². The van der Waals surface area contributed by atoms with Gasteiger partial charge in [-0.05, 0) is 36.8 Å². The largest absolute Gasteiger partial charge is 0.417 e. The van der Waals surface area contributed by atoms with Gasteiger partial charge < -0.3 is 4.90 Å². The molecule has 144 valence electrons. The number of anilines is 1. The van der Waals surface area contributed by atoms with Crippen LogP contribution in [-0.2, 0) is 16.4 Å². The number of halogens is 3. The average molecular weight is 390 g/mol. The monoisotopic (exact) mass is 390 g/mol. The first-order chi connectivity index (χ1) is 12.2. The minimum Gasteiger partial charge on any atom is -0.356 e. The molecule has 0 saturated carbocycles. The summed E-state index contributed by atoms with van der Waals surface area (Å²) in [6, 6.07) is 2.43. The van der Waals surface area contributed by atoms with Crippen molar-refractivity contribution < 1.29 is 21.6 Å². The lowest BCUT2D eigenvalue weighted by molar-refractivity contribution is -0.137. The van der Waals surface area contributed by atoms with E-state index in [1.807, 2.05) is 4.90 Å². The minimum atomic E-state index is -4.39. The van der Waals surface area contributed by atoms with Gasteiger partial charge >= 0.3 is 6.18 Å². The first-order valence-electron chi connectivity index (χ1n) is 8.78. The summed E-state index contributed by atoms with van der Waals surface area (Å²) in [5.74, 6) is 0.897. The molecule has 3 aliphatic rings. The van der Waals surface area contributed by atoms with E-state index in [1.165, 1.54) is 6.07 Å². The maximum atomic E-state index is 12.7. The molecule has 6 nitrogen and oxygen atoms in total. The van der Waals surface area contributed by atoms with E-state index in [-0.39, 0.29) is 11.8 Å². The molecule has 3 saturated heterocycles. The number of nitrogens with zero attached hydrogens (tertiary/aromatic N) is 4. The topological polar surface area (TPSA) is 56.8 Å². The second-order valence-electron chi connectivity index (χ2n) is 7.26. The van der Waals surface area contributed by atoms with Gasteiger partial charge in [-0.25, -0.2) is 4.98 Å². The lowest BCUT2D eigenvalue weighted by Gasteiger charge is -2.26. The van der Waals surface area contributed by atoms with Crippen LogP contribution in [0.5, 0.6) is 0 Å². The van der Waals surface area contributed by atoms with E-state index in [2.05, 4.69) is 4.98 Å². The Kier molecular flexibility index (Phi) is 4.39. The Labute approximate surface area is 150 Å². The number of rotatable bonds is 3. The fourth-order valence-electron chi connectivity index (χ4n) is 4.15. The molecule has 0 N–H and O–H groups in total. The zero-order chi connectivity index (χ0) is 18.5. The van der Waals surface area contributed by atoms with Crippen LogP contribution in [0.3, 0.4) is 0 Å². The van der Waals surface area contributed by atoms with Gasteiger partial charge in [0, 0.05) is 45.5 Å². The fraction of sp³-hybridized carbons (Fsp3) is 0.688. The smallest absolute Gasteiger partial charge is 0.356 e. The molecule has 0 radical (unpaired) electrons. The zero-order valence-electron chi connectivity index (χ0n) is 14.2. The molecular weight excluding hydrogens is 369 g/mol. The quantitative estimate of drug-likeness (QED) is 0.790. The maximum absolute atomic E-state index is 12.7. The van der Waals surface area contributed by atoms with Crippen molar-refractivity contribution in [2.75, 3.05) is 44.2 Å². The van der Waals surface area contributed by atoms with E-state index in [9.17, 15) is 21.6 Å². The van der Waals surface area contributed by atoms with Gasteiger partial charge in [-0.15, -0.1) is 0 Å². The summed E-state index contributed by atoms with van der Waals surface area (Å²) in [5.41, 5.74) is -0.761. The van der Waals surface area contributed by atoms with E-state index >= 15 is 0 Å². The van der Waals surface area contributed by atoms with Crippen LogP contribution < -0.4 is 4.90 Å². The molecule has 2 unspecified atom stereocenters. The molecule has 26 heavy (non-hydrogen) atoms. The Hall–Kier alpha value is -1.39. The van der Waals surface area contributed by atoms with Gasteiger partial charge in [0.25, 0.3) is 10.2 Å². The van der Waals surface area contributed by atoms with Gasteiger partial charge in [0.1, 0.15) is 5.82 Å². The van der Waals surface area contributed by atoms with Gasteiger partial charge in [0.05, 0.1) is 5.56 Å². The Morgan fingerprint density at radius 3 is 2.08 bits per heavy atom. The van der Waals surface area contributed by atoms with Crippen LogP contribution in [0.15, 0.2) is 18.3 Å². The van der Waals surface area contributed by atoms with Crippen LogP contribution in [0.1, 0.15) is 18.4 Å². The molecule has 10 heteroatoms. The number of hydrogen-bond acceptors (Lipinski definition) is 4. The molecule has 0 aromatic carbocycles. The highest BCUT2D eigenvalue weighted by Crippen LogP contribution is 2.36. The van der Waals surface area contributed by atoms with Gasteiger partial charge in [0.15, 0.2) is 0 Å². The van der Waals surface area contributed by atoms with Crippen molar-refractivity contribution >= 4 is 16.0 Å². The molecule has 4 heterocycles. The van der Waals surface area contributed by atoms with Crippen LogP contribution in [0.4, 0.5) is 19.0 Å². The predicted octanol–water partition coefficient (Wildman–Crippen LogP) is 1.81. The molecule has 0 aliphatic carbocycles. The standard InChI is InChI=1S/C16H21F3N4O2S/c17-16(18,19)14-3-4-15(20-7-14)21-8-12-10-23(11-13(12)9-21)26(24,25)22-5-1-2-6-22/h3-4,7,12-13H,1-2,5-6,8-11H2. The molecule has 3 aliphatic heterocycles. The summed E-state index contributed by atoms with van der Waals surface area (Å²) < 4.78 is 66.4. The molecule has 1 aromatic heterocycles. The van der Waals surface area contributed by atoms with Crippen molar-refractivity contribution in [2.45, 2.75) is 19.0 Å². The van der Waals surface area contributed by atoms with Crippen molar-refractivity contribution in [3.8, 4) is 0 Å². The Morgan fingerprint density at radius 2 is 1.58 bits per heavy atom. The Balaban J connectivity index is 1.40. The number of alkyl halides is 3. The maximum Gasteiger partial charge on any atom is 0.417 e. The van der Waals surface area contributed by atoms with E-state index < -0.39 is 21.9 Å². The van der Waals surface area contributed by atoms with Crippen molar-refractivity contribution in [2.24, 2.45) is 11.8 Å². The highest BCUT2D eigenvalue weighted by atomic mass is 32.2. The third-order valence-electron chi connectivity index (χ3n) is 5.57. The van der Waals surface area contributed by atoms with Crippen molar-refractivity contribution in [1.29, 1.82) is 0 Å². The molecule has 0 bridgehead atoms. The van der Waals surface area contributed by atoms with E-state index in [0.717, 1.165) is 25.1 Å². The number of fused-ring (bicyclic) bond motifs is 1. The van der Waals surface area contributed by atoms with Crippen LogP contribution in [0.25, 0.3) is 0 Å². The molecule has 0 amide bonds. The van der Waals surface area contributed by atoms with Gasteiger partial charge in [0.2, 0.25) is 0 Å². The molecule has 3 fully saturated rings. The fourth-order valence-corrected chi connectivity index (χ4v) is 5.95. The van der Waals surface area contributed by atoms with Gasteiger partial charge in [-0.3, -0.25) is 0 Å². The van der Waals surface area contributed by atoms with Crippen LogP contribution in [-0.4, -0.2) is 61.3 Å². The van der Waals surface area contributed by atoms with Crippen molar-refractivity contribution in [3.05, 3.63) is 23.9 Å². The highest BCUT2D eigenvalue weighted by molar-refractivity contribution is 7.86. The summed E-state index contributed by atoms with van der Waals surface area (Å²) in [6.45, 7) is 3.37. The first kappa shape index (κ1) is 18.0. The lowest BCUT2D eigenvalue weighted by Crippen LogP contribution is -2.42.